The fourth-order valence-corrected chi connectivity index (χ4v) is 3.00. The summed E-state index contributed by atoms with van der Waals surface area (Å²) in [5, 5.41) is 3.29. The number of carbonyl (C=O) groups is 2. The smallest absolute Gasteiger partial charge is 0.233 e. The number of amides is 2. The van der Waals surface area contributed by atoms with Crippen LogP contribution >= 0.6 is 0 Å². The molecule has 1 saturated carbocycles. The van der Waals surface area contributed by atoms with Crippen LogP contribution in [0.15, 0.2) is 0 Å². The molecule has 17 heavy (non-hydrogen) atoms. The first kappa shape index (κ1) is 12.6. The highest BCUT2D eigenvalue weighted by atomic mass is 16.2. The Labute approximate surface area is 103 Å². The number of nitrogens with zero attached hydrogens (tertiary/aromatic N) is 1. The summed E-state index contributed by atoms with van der Waals surface area (Å²) in [6.07, 6.45) is 0.838. The SMILES string of the molecule is CCNC(C)CCN1C(=O)C2C(C1=O)C2(C)C. The number of fused-ring (bicyclic) bond motifs is 1. The number of rotatable bonds is 5. The van der Waals surface area contributed by atoms with E-state index in [2.05, 4.69) is 19.2 Å². The molecule has 0 aromatic rings. The lowest BCUT2D eigenvalue weighted by Crippen LogP contribution is -2.39. The van der Waals surface area contributed by atoms with Gasteiger partial charge in [-0.05, 0) is 25.3 Å². The Balaban J connectivity index is 1.89. The summed E-state index contributed by atoms with van der Waals surface area (Å²) in [7, 11) is 0. The van der Waals surface area contributed by atoms with Gasteiger partial charge in [-0.1, -0.05) is 20.8 Å². The second-order valence-electron chi connectivity index (χ2n) is 5.85. The number of piperidine rings is 1. The summed E-state index contributed by atoms with van der Waals surface area (Å²) < 4.78 is 0. The maximum absolute atomic E-state index is 12.0. The molecule has 3 unspecified atom stereocenters. The average Bonchev–Trinajstić information content (AvgIpc) is 2.69. The third kappa shape index (κ3) is 1.88. The van der Waals surface area contributed by atoms with E-state index in [1.54, 1.807) is 0 Å². The van der Waals surface area contributed by atoms with Crippen LogP contribution < -0.4 is 5.32 Å². The lowest BCUT2D eigenvalue weighted by Gasteiger charge is -2.22. The quantitative estimate of drug-likeness (QED) is 0.727. The Morgan fingerprint density at radius 3 is 2.29 bits per heavy atom. The minimum Gasteiger partial charge on any atom is -0.314 e. The molecule has 1 N–H and O–H groups in total. The minimum absolute atomic E-state index is 0.0376. The molecule has 0 aromatic carbocycles. The first-order chi connectivity index (χ1) is 7.91. The summed E-state index contributed by atoms with van der Waals surface area (Å²) in [6, 6.07) is 0.352. The Morgan fingerprint density at radius 2 is 1.82 bits per heavy atom. The van der Waals surface area contributed by atoms with Crippen molar-refractivity contribution in [2.75, 3.05) is 13.1 Å². The van der Waals surface area contributed by atoms with E-state index in [4.69, 9.17) is 0 Å². The Hall–Kier alpha value is -0.900. The van der Waals surface area contributed by atoms with Crippen molar-refractivity contribution in [1.82, 2.24) is 10.2 Å². The molecule has 1 aliphatic carbocycles. The number of hydrogen-bond donors (Lipinski definition) is 1. The zero-order valence-electron chi connectivity index (χ0n) is 11.1. The van der Waals surface area contributed by atoms with E-state index in [-0.39, 0.29) is 29.1 Å². The van der Waals surface area contributed by atoms with Crippen molar-refractivity contribution in [3.63, 3.8) is 0 Å². The third-order valence-corrected chi connectivity index (χ3v) is 4.23. The molecule has 4 nitrogen and oxygen atoms in total. The molecule has 4 heteroatoms. The van der Waals surface area contributed by atoms with Gasteiger partial charge in [0.05, 0.1) is 11.8 Å². The fourth-order valence-electron chi connectivity index (χ4n) is 3.00. The van der Waals surface area contributed by atoms with E-state index in [0.717, 1.165) is 13.0 Å². The first-order valence-electron chi connectivity index (χ1n) is 6.49. The molecule has 0 aromatic heterocycles. The van der Waals surface area contributed by atoms with Gasteiger partial charge < -0.3 is 5.32 Å². The van der Waals surface area contributed by atoms with E-state index in [9.17, 15) is 9.59 Å². The first-order valence-corrected chi connectivity index (χ1v) is 6.49. The van der Waals surface area contributed by atoms with Crippen molar-refractivity contribution < 1.29 is 9.59 Å². The van der Waals surface area contributed by atoms with Crippen LogP contribution in [0.25, 0.3) is 0 Å². The molecular formula is C13H22N2O2. The number of likely N-dealkylation sites (tertiary alicyclic amines) is 1. The van der Waals surface area contributed by atoms with Gasteiger partial charge in [-0.25, -0.2) is 0 Å². The van der Waals surface area contributed by atoms with E-state index in [1.165, 1.54) is 4.90 Å². The zero-order chi connectivity index (χ0) is 12.8. The summed E-state index contributed by atoms with van der Waals surface area (Å²) in [4.78, 5) is 25.5. The highest BCUT2D eigenvalue weighted by Crippen LogP contribution is 2.63. The number of imide groups is 1. The second kappa shape index (κ2) is 4.09. The number of nitrogens with one attached hydrogen (secondary N) is 1. The van der Waals surface area contributed by atoms with E-state index in [1.807, 2.05) is 13.8 Å². The van der Waals surface area contributed by atoms with Crippen LogP contribution in [-0.2, 0) is 9.59 Å². The van der Waals surface area contributed by atoms with Gasteiger partial charge in [0, 0.05) is 12.6 Å². The molecule has 3 atom stereocenters. The average molecular weight is 238 g/mol. The van der Waals surface area contributed by atoms with Gasteiger partial charge in [-0.2, -0.15) is 0 Å². The molecule has 2 aliphatic rings. The van der Waals surface area contributed by atoms with Gasteiger partial charge in [-0.15, -0.1) is 0 Å². The maximum atomic E-state index is 12.0. The van der Waals surface area contributed by atoms with Crippen LogP contribution in [0, 0.1) is 17.3 Å². The third-order valence-electron chi connectivity index (χ3n) is 4.23. The van der Waals surface area contributed by atoms with Crippen LogP contribution in [0.4, 0.5) is 0 Å². The normalized spacial score (nSPS) is 31.6. The van der Waals surface area contributed by atoms with Gasteiger partial charge in [-0.3, -0.25) is 14.5 Å². The largest absolute Gasteiger partial charge is 0.314 e. The van der Waals surface area contributed by atoms with E-state index in [0.29, 0.717) is 12.6 Å². The van der Waals surface area contributed by atoms with E-state index >= 15 is 0 Å². The predicted octanol–water partition coefficient (Wildman–Crippen LogP) is 1.02. The Bertz CT molecular complexity index is 327. The summed E-state index contributed by atoms with van der Waals surface area (Å²) in [6.45, 7) is 9.64. The second-order valence-corrected chi connectivity index (χ2v) is 5.85. The van der Waals surface area contributed by atoms with Crippen molar-refractivity contribution in [3.05, 3.63) is 0 Å². The van der Waals surface area contributed by atoms with Crippen LogP contribution in [-0.4, -0.2) is 35.8 Å². The monoisotopic (exact) mass is 238 g/mol. The summed E-state index contributed by atoms with van der Waals surface area (Å²) in [5.41, 5.74) is -0.0854. The molecule has 1 saturated heterocycles. The predicted molar refractivity (Wildman–Crippen MR) is 65.2 cm³/mol. The van der Waals surface area contributed by atoms with Crippen LogP contribution in [0.3, 0.4) is 0 Å². The molecule has 0 radical (unpaired) electrons. The molecule has 1 aliphatic heterocycles. The number of carbonyl (C=O) groups excluding carboxylic acids is 2. The minimum atomic E-state index is -0.0854. The summed E-state index contributed by atoms with van der Waals surface area (Å²) in [5.74, 6) is 0.0243. The molecule has 2 rings (SSSR count). The van der Waals surface area contributed by atoms with Crippen LogP contribution in [0.1, 0.15) is 34.1 Å². The molecule has 2 fully saturated rings. The van der Waals surface area contributed by atoms with Gasteiger partial charge in [0.25, 0.3) is 0 Å². The molecule has 2 amide bonds. The van der Waals surface area contributed by atoms with Gasteiger partial charge in [0.1, 0.15) is 0 Å². The lowest BCUT2D eigenvalue weighted by atomic mass is 10.1. The maximum Gasteiger partial charge on any atom is 0.233 e. The Morgan fingerprint density at radius 1 is 1.29 bits per heavy atom. The van der Waals surface area contributed by atoms with Crippen molar-refractivity contribution in [2.45, 2.75) is 40.2 Å². The highest BCUT2D eigenvalue weighted by molar-refractivity contribution is 6.10. The number of hydrogen-bond acceptors (Lipinski definition) is 3. The summed E-state index contributed by atoms with van der Waals surface area (Å²) >= 11 is 0. The molecule has 0 bridgehead atoms. The topological polar surface area (TPSA) is 49.4 Å². The van der Waals surface area contributed by atoms with Gasteiger partial charge in [0.15, 0.2) is 0 Å². The molecule has 1 heterocycles. The highest BCUT2D eigenvalue weighted by Gasteiger charge is 2.72. The van der Waals surface area contributed by atoms with Crippen molar-refractivity contribution in [3.8, 4) is 0 Å². The van der Waals surface area contributed by atoms with Gasteiger partial charge >= 0.3 is 0 Å². The van der Waals surface area contributed by atoms with Gasteiger partial charge in [0.2, 0.25) is 11.8 Å². The standard InChI is InChI=1S/C13H22N2O2/c1-5-14-8(2)6-7-15-11(16)9-10(12(15)17)13(9,3)4/h8-10,14H,5-7H2,1-4H3. The van der Waals surface area contributed by atoms with Crippen LogP contribution in [0.5, 0.6) is 0 Å². The molecular weight excluding hydrogens is 216 g/mol. The van der Waals surface area contributed by atoms with Crippen molar-refractivity contribution >= 4 is 11.8 Å². The zero-order valence-corrected chi connectivity index (χ0v) is 11.1. The van der Waals surface area contributed by atoms with E-state index < -0.39 is 0 Å². The van der Waals surface area contributed by atoms with Crippen molar-refractivity contribution in [1.29, 1.82) is 0 Å². The lowest BCUT2D eigenvalue weighted by molar-refractivity contribution is -0.143. The van der Waals surface area contributed by atoms with Crippen molar-refractivity contribution in [2.24, 2.45) is 17.3 Å². The Kier molecular flexibility index (Phi) is 3.02. The molecule has 0 spiro atoms. The van der Waals surface area contributed by atoms with Crippen LogP contribution in [0.2, 0.25) is 0 Å². The fraction of sp³-hybridized carbons (Fsp3) is 0.846. The molecule has 96 valence electrons.